The highest BCUT2D eigenvalue weighted by Crippen LogP contribution is 2.40. The lowest BCUT2D eigenvalue weighted by Crippen LogP contribution is -2.39. The third-order valence-corrected chi connectivity index (χ3v) is 7.42. The molecule has 4 rings (SSSR count). The van der Waals surface area contributed by atoms with Gasteiger partial charge in [-0.1, -0.05) is 32.1 Å². The second kappa shape index (κ2) is 10.8. The molecule has 2 aromatic rings. The van der Waals surface area contributed by atoms with Crippen molar-refractivity contribution in [3.8, 4) is 0 Å². The average molecular weight is 480 g/mol. The Kier molecular flexibility index (Phi) is 7.94. The zero-order valence-electron chi connectivity index (χ0n) is 22.1. The Bertz CT molecular complexity index is 1060. The number of benzene rings is 1. The van der Waals surface area contributed by atoms with Crippen LogP contribution in [-0.4, -0.2) is 60.1 Å². The standard InChI is InChI=1S/C29H41N3O3/c1-21-20-30-27(31-21)26(33)18-23-6-7-24(19-25(23)22-8-10-28(2,3)11-9-22)29(4,5)35-17-14-32-12-15-34-16-13-32/h6-8,19-20H,9-18H2,1-5H3,(H,30,31). The normalized spacial score (nSPS) is 18.9. The van der Waals surface area contributed by atoms with E-state index < -0.39 is 5.60 Å². The molecule has 35 heavy (non-hydrogen) atoms. The highest BCUT2D eigenvalue weighted by molar-refractivity contribution is 5.95. The van der Waals surface area contributed by atoms with E-state index in [0.717, 1.165) is 68.9 Å². The number of hydrogen-bond donors (Lipinski definition) is 1. The van der Waals surface area contributed by atoms with Gasteiger partial charge in [-0.15, -0.1) is 0 Å². The fourth-order valence-corrected chi connectivity index (χ4v) is 4.87. The molecular weight excluding hydrogens is 438 g/mol. The number of nitrogens with zero attached hydrogens (tertiary/aromatic N) is 2. The summed E-state index contributed by atoms with van der Waals surface area (Å²) in [6.45, 7) is 16.0. The SMILES string of the molecule is Cc1cnc(C(=O)Cc2ccc(C(C)(C)OCCN3CCOCC3)cc2C2=CCC(C)(C)CC2)[nH]1. The second-order valence-corrected chi connectivity index (χ2v) is 11.3. The monoisotopic (exact) mass is 479 g/mol. The topological polar surface area (TPSA) is 67.4 Å². The minimum absolute atomic E-state index is 0.0184. The highest BCUT2D eigenvalue weighted by Gasteiger charge is 2.27. The lowest BCUT2D eigenvalue weighted by molar-refractivity contribution is -0.0420. The number of Topliss-reactive ketones (excluding diaryl/α,β-unsaturated/α-hetero) is 1. The Balaban J connectivity index is 1.55. The van der Waals surface area contributed by atoms with Crippen LogP contribution in [0.1, 0.15) is 80.0 Å². The van der Waals surface area contributed by atoms with Gasteiger partial charge in [0, 0.05) is 37.9 Å². The predicted molar refractivity (Wildman–Crippen MR) is 140 cm³/mol. The molecule has 1 fully saturated rings. The molecule has 0 saturated carbocycles. The number of allylic oxidation sites excluding steroid dienone is 2. The van der Waals surface area contributed by atoms with Crippen LogP contribution in [0.25, 0.3) is 5.57 Å². The second-order valence-electron chi connectivity index (χ2n) is 11.3. The van der Waals surface area contributed by atoms with E-state index in [1.807, 2.05) is 6.92 Å². The fraction of sp³-hybridized carbons (Fsp3) is 0.586. The van der Waals surface area contributed by atoms with Crippen molar-refractivity contribution >= 4 is 11.4 Å². The molecular formula is C29H41N3O3. The Hall–Kier alpha value is -2.28. The third-order valence-electron chi connectivity index (χ3n) is 7.42. The number of aromatic nitrogens is 2. The molecule has 2 aliphatic rings. The van der Waals surface area contributed by atoms with Crippen LogP contribution < -0.4 is 0 Å². The van der Waals surface area contributed by atoms with Crippen molar-refractivity contribution in [2.75, 3.05) is 39.5 Å². The number of imidazole rings is 1. The summed E-state index contributed by atoms with van der Waals surface area (Å²) >= 11 is 0. The van der Waals surface area contributed by atoms with Gasteiger partial charge in [-0.25, -0.2) is 4.98 Å². The summed E-state index contributed by atoms with van der Waals surface area (Å²) in [6.07, 6.45) is 7.64. The fourth-order valence-electron chi connectivity index (χ4n) is 4.87. The number of carbonyl (C=O) groups excluding carboxylic acids is 1. The Morgan fingerprint density at radius 3 is 2.69 bits per heavy atom. The molecule has 1 N–H and O–H groups in total. The smallest absolute Gasteiger partial charge is 0.202 e. The molecule has 0 unspecified atom stereocenters. The van der Waals surface area contributed by atoms with Gasteiger partial charge in [0.25, 0.3) is 0 Å². The maximum Gasteiger partial charge on any atom is 0.202 e. The largest absolute Gasteiger partial charge is 0.379 e. The van der Waals surface area contributed by atoms with E-state index in [2.05, 4.69) is 66.8 Å². The minimum atomic E-state index is -0.420. The molecule has 2 heterocycles. The number of morpholine rings is 1. The van der Waals surface area contributed by atoms with Gasteiger partial charge in [0.1, 0.15) is 0 Å². The lowest BCUT2D eigenvalue weighted by Gasteiger charge is -2.32. The van der Waals surface area contributed by atoms with Crippen LogP contribution in [0.5, 0.6) is 0 Å². The summed E-state index contributed by atoms with van der Waals surface area (Å²) in [7, 11) is 0. The molecule has 0 bridgehead atoms. The van der Waals surface area contributed by atoms with Crippen molar-refractivity contribution in [1.82, 2.24) is 14.9 Å². The summed E-state index contributed by atoms with van der Waals surface area (Å²) in [4.78, 5) is 22.7. The van der Waals surface area contributed by atoms with Crippen LogP contribution in [0.15, 0.2) is 30.5 Å². The molecule has 1 aliphatic heterocycles. The zero-order chi connectivity index (χ0) is 25.1. The first kappa shape index (κ1) is 25.8. The maximum atomic E-state index is 13.0. The van der Waals surface area contributed by atoms with Gasteiger partial charge in [-0.05, 0) is 73.8 Å². The number of aryl methyl sites for hydroxylation is 1. The van der Waals surface area contributed by atoms with Crippen molar-refractivity contribution < 1.29 is 14.3 Å². The van der Waals surface area contributed by atoms with Crippen LogP contribution in [0, 0.1) is 12.3 Å². The zero-order valence-corrected chi connectivity index (χ0v) is 22.1. The molecule has 1 aromatic heterocycles. The van der Waals surface area contributed by atoms with Crippen LogP contribution >= 0.6 is 0 Å². The van der Waals surface area contributed by atoms with E-state index >= 15 is 0 Å². The molecule has 0 atom stereocenters. The van der Waals surface area contributed by atoms with Crippen molar-refractivity contribution in [3.63, 3.8) is 0 Å². The van der Waals surface area contributed by atoms with Gasteiger partial charge >= 0.3 is 0 Å². The van der Waals surface area contributed by atoms with E-state index in [0.29, 0.717) is 24.3 Å². The third kappa shape index (κ3) is 6.69. The van der Waals surface area contributed by atoms with Crippen molar-refractivity contribution in [3.05, 3.63) is 58.7 Å². The summed E-state index contributed by atoms with van der Waals surface area (Å²) in [5, 5.41) is 0. The van der Waals surface area contributed by atoms with E-state index in [4.69, 9.17) is 9.47 Å². The van der Waals surface area contributed by atoms with Crippen LogP contribution in [-0.2, 0) is 21.5 Å². The molecule has 0 amide bonds. The van der Waals surface area contributed by atoms with Gasteiger partial charge in [0.05, 0.1) is 25.4 Å². The Morgan fingerprint density at radius 1 is 1.26 bits per heavy atom. The first-order valence-corrected chi connectivity index (χ1v) is 12.9. The average Bonchev–Trinajstić information content (AvgIpc) is 3.26. The summed E-state index contributed by atoms with van der Waals surface area (Å²) in [5.74, 6) is 0.452. The number of carbonyl (C=O) groups is 1. The number of rotatable bonds is 9. The summed E-state index contributed by atoms with van der Waals surface area (Å²) in [5.41, 5.74) is 5.53. The molecule has 1 saturated heterocycles. The maximum absolute atomic E-state index is 13.0. The molecule has 1 aromatic carbocycles. The van der Waals surface area contributed by atoms with E-state index in [9.17, 15) is 4.79 Å². The number of nitrogens with one attached hydrogen (secondary N) is 1. The van der Waals surface area contributed by atoms with Gasteiger partial charge in [-0.3, -0.25) is 9.69 Å². The van der Waals surface area contributed by atoms with Crippen molar-refractivity contribution in [2.24, 2.45) is 5.41 Å². The molecule has 1 aliphatic carbocycles. The van der Waals surface area contributed by atoms with Crippen molar-refractivity contribution in [1.29, 1.82) is 0 Å². The van der Waals surface area contributed by atoms with Crippen LogP contribution in [0.3, 0.4) is 0 Å². The number of aromatic amines is 1. The van der Waals surface area contributed by atoms with Crippen LogP contribution in [0.2, 0.25) is 0 Å². The number of hydrogen-bond acceptors (Lipinski definition) is 5. The summed E-state index contributed by atoms with van der Waals surface area (Å²) in [6, 6.07) is 6.50. The van der Waals surface area contributed by atoms with Gasteiger partial charge in [0.2, 0.25) is 5.78 Å². The van der Waals surface area contributed by atoms with E-state index in [1.165, 1.54) is 11.1 Å². The minimum Gasteiger partial charge on any atom is -0.379 e. The number of ketones is 1. The molecule has 0 spiro atoms. The molecule has 0 radical (unpaired) electrons. The Morgan fingerprint density at radius 2 is 2.03 bits per heavy atom. The van der Waals surface area contributed by atoms with E-state index in [-0.39, 0.29) is 5.78 Å². The van der Waals surface area contributed by atoms with E-state index in [1.54, 1.807) is 6.20 Å². The van der Waals surface area contributed by atoms with Crippen molar-refractivity contribution in [2.45, 2.75) is 65.9 Å². The van der Waals surface area contributed by atoms with Gasteiger partial charge in [-0.2, -0.15) is 0 Å². The highest BCUT2D eigenvalue weighted by atomic mass is 16.5. The summed E-state index contributed by atoms with van der Waals surface area (Å²) < 4.78 is 11.9. The lowest BCUT2D eigenvalue weighted by atomic mass is 9.76. The van der Waals surface area contributed by atoms with Crippen LogP contribution in [0.4, 0.5) is 0 Å². The molecule has 6 heteroatoms. The quantitative estimate of drug-likeness (QED) is 0.493. The predicted octanol–water partition coefficient (Wildman–Crippen LogP) is 5.32. The molecule has 6 nitrogen and oxygen atoms in total. The number of ether oxygens (including phenoxy) is 2. The first-order chi connectivity index (χ1) is 16.6. The van der Waals surface area contributed by atoms with Gasteiger partial charge < -0.3 is 14.5 Å². The number of H-pyrrole nitrogens is 1. The first-order valence-electron chi connectivity index (χ1n) is 12.9. The molecule has 190 valence electrons. The Labute approximate surface area is 210 Å². The van der Waals surface area contributed by atoms with Gasteiger partial charge in [0.15, 0.2) is 5.82 Å².